The van der Waals surface area contributed by atoms with E-state index < -0.39 is 0 Å². The smallest absolute Gasteiger partial charge is 0.197 e. The van der Waals surface area contributed by atoms with Gasteiger partial charge in [-0.15, -0.1) is 0 Å². The van der Waals surface area contributed by atoms with Gasteiger partial charge in [-0.2, -0.15) is 0 Å². The first-order valence-electron chi connectivity index (χ1n) is 9.05. The third-order valence-corrected chi connectivity index (χ3v) is 3.96. The summed E-state index contributed by atoms with van der Waals surface area (Å²) in [6.07, 6.45) is -0.331. The van der Waals surface area contributed by atoms with Crippen LogP contribution in [-0.4, -0.2) is 39.8 Å². The normalized spacial score (nSPS) is 13.8. The SMILES string of the molecule is COCCOCCOC(C)Oc1cc(C(C)(C)C)ccc1C(C)(C)C. The van der Waals surface area contributed by atoms with Crippen molar-refractivity contribution < 1.29 is 18.9 Å². The topological polar surface area (TPSA) is 36.9 Å². The van der Waals surface area contributed by atoms with E-state index in [1.165, 1.54) is 11.1 Å². The Morgan fingerprint density at radius 1 is 0.880 bits per heavy atom. The Hall–Kier alpha value is -1.10. The van der Waals surface area contributed by atoms with Crippen LogP contribution in [0, 0.1) is 0 Å². The molecule has 0 amide bonds. The van der Waals surface area contributed by atoms with Gasteiger partial charge in [0.2, 0.25) is 0 Å². The molecule has 0 spiro atoms. The Bertz CT molecular complexity index is 512. The first-order chi connectivity index (χ1) is 11.6. The van der Waals surface area contributed by atoms with E-state index in [0.29, 0.717) is 26.4 Å². The number of ether oxygens (including phenoxy) is 4. The average molecular weight is 353 g/mol. The number of hydrogen-bond donors (Lipinski definition) is 0. The van der Waals surface area contributed by atoms with Crippen LogP contribution >= 0.6 is 0 Å². The zero-order chi connectivity index (χ0) is 19.1. The van der Waals surface area contributed by atoms with Crippen LogP contribution in [0.1, 0.15) is 59.6 Å². The molecule has 0 radical (unpaired) electrons. The molecule has 4 nitrogen and oxygen atoms in total. The van der Waals surface area contributed by atoms with Crippen LogP contribution in [0.25, 0.3) is 0 Å². The molecular weight excluding hydrogens is 316 g/mol. The Labute approximate surface area is 153 Å². The summed E-state index contributed by atoms with van der Waals surface area (Å²) >= 11 is 0. The third-order valence-electron chi connectivity index (χ3n) is 3.96. The molecule has 0 aliphatic heterocycles. The fourth-order valence-electron chi connectivity index (χ4n) is 2.44. The molecule has 144 valence electrons. The number of methoxy groups -OCH3 is 1. The Kier molecular flexibility index (Phi) is 8.39. The zero-order valence-corrected chi connectivity index (χ0v) is 17.3. The van der Waals surface area contributed by atoms with Crippen molar-refractivity contribution in [2.24, 2.45) is 0 Å². The first kappa shape index (κ1) is 21.9. The van der Waals surface area contributed by atoms with Crippen LogP contribution in [0.2, 0.25) is 0 Å². The molecule has 1 rings (SSSR count). The van der Waals surface area contributed by atoms with Crippen molar-refractivity contribution in [3.05, 3.63) is 29.3 Å². The van der Waals surface area contributed by atoms with Gasteiger partial charge in [-0.3, -0.25) is 0 Å². The summed E-state index contributed by atoms with van der Waals surface area (Å²) in [5.41, 5.74) is 2.53. The molecule has 0 saturated carbocycles. The lowest BCUT2D eigenvalue weighted by molar-refractivity contribution is -0.0860. The van der Waals surface area contributed by atoms with E-state index in [-0.39, 0.29) is 17.1 Å². The van der Waals surface area contributed by atoms with Crippen molar-refractivity contribution in [2.75, 3.05) is 33.5 Å². The van der Waals surface area contributed by atoms with Gasteiger partial charge in [-0.25, -0.2) is 0 Å². The van der Waals surface area contributed by atoms with Gasteiger partial charge in [0.15, 0.2) is 6.29 Å². The molecule has 0 heterocycles. The van der Waals surface area contributed by atoms with Crippen molar-refractivity contribution >= 4 is 0 Å². The molecule has 0 aromatic heterocycles. The highest BCUT2D eigenvalue weighted by atomic mass is 16.7. The molecule has 0 fully saturated rings. The van der Waals surface area contributed by atoms with Crippen molar-refractivity contribution in [3.63, 3.8) is 0 Å². The second-order valence-corrected chi connectivity index (χ2v) is 8.37. The zero-order valence-electron chi connectivity index (χ0n) is 17.3. The minimum Gasteiger partial charge on any atom is -0.465 e. The fourth-order valence-corrected chi connectivity index (χ4v) is 2.44. The molecule has 1 aromatic carbocycles. The molecular formula is C21H36O4. The molecule has 1 unspecified atom stereocenters. The summed E-state index contributed by atoms with van der Waals surface area (Å²) in [5, 5.41) is 0. The van der Waals surface area contributed by atoms with Crippen molar-refractivity contribution in [3.8, 4) is 5.75 Å². The van der Waals surface area contributed by atoms with E-state index in [9.17, 15) is 0 Å². The molecule has 0 N–H and O–H groups in total. The second kappa shape index (κ2) is 9.56. The van der Waals surface area contributed by atoms with Crippen LogP contribution < -0.4 is 4.74 Å². The Morgan fingerprint density at radius 3 is 2.08 bits per heavy atom. The summed E-state index contributed by atoms with van der Waals surface area (Å²) < 4.78 is 22.2. The predicted molar refractivity (Wildman–Crippen MR) is 103 cm³/mol. The van der Waals surface area contributed by atoms with Crippen molar-refractivity contribution in [1.82, 2.24) is 0 Å². The molecule has 4 heteroatoms. The molecule has 0 bridgehead atoms. The van der Waals surface area contributed by atoms with Crippen LogP contribution in [0.4, 0.5) is 0 Å². The van der Waals surface area contributed by atoms with E-state index in [2.05, 4.69) is 59.7 Å². The van der Waals surface area contributed by atoms with Gasteiger partial charge in [0, 0.05) is 7.11 Å². The van der Waals surface area contributed by atoms with Crippen molar-refractivity contribution in [1.29, 1.82) is 0 Å². The molecule has 0 saturated heterocycles. The van der Waals surface area contributed by atoms with Crippen LogP contribution in [0.5, 0.6) is 5.75 Å². The lowest BCUT2D eigenvalue weighted by atomic mass is 9.81. The molecule has 0 aliphatic carbocycles. The van der Waals surface area contributed by atoms with E-state index in [4.69, 9.17) is 18.9 Å². The van der Waals surface area contributed by atoms with Gasteiger partial charge < -0.3 is 18.9 Å². The maximum absolute atomic E-state index is 6.13. The van der Waals surface area contributed by atoms with Gasteiger partial charge in [0.25, 0.3) is 0 Å². The monoisotopic (exact) mass is 352 g/mol. The highest BCUT2D eigenvalue weighted by molar-refractivity contribution is 5.43. The highest BCUT2D eigenvalue weighted by Gasteiger charge is 2.23. The van der Waals surface area contributed by atoms with Gasteiger partial charge in [-0.05, 0) is 34.9 Å². The molecule has 1 atom stereocenters. The molecule has 0 aliphatic rings. The lowest BCUT2D eigenvalue weighted by Gasteiger charge is -2.28. The largest absolute Gasteiger partial charge is 0.465 e. The Morgan fingerprint density at radius 2 is 1.52 bits per heavy atom. The molecule has 1 aromatic rings. The first-order valence-corrected chi connectivity index (χ1v) is 9.05. The van der Waals surface area contributed by atoms with Crippen LogP contribution in [0.15, 0.2) is 18.2 Å². The average Bonchev–Trinajstić information content (AvgIpc) is 2.48. The number of hydrogen-bond acceptors (Lipinski definition) is 4. The van der Waals surface area contributed by atoms with Gasteiger partial charge >= 0.3 is 0 Å². The van der Waals surface area contributed by atoms with Gasteiger partial charge in [0.1, 0.15) is 5.75 Å². The van der Waals surface area contributed by atoms with E-state index in [1.54, 1.807) is 7.11 Å². The summed E-state index contributed by atoms with van der Waals surface area (Å²) in [4.78, 5) is 0. The second-order valence-electron chi connectivity index (χ2n) is 8.37. The molecule has 25 heavy (non-hydrogen) atoms. The fraction of sp³-hybridized carbons (Fsp3) is 0.714. The summed E-state index contributed by atoms with van der Waals surface area (Å²) in [7, 11) is 1.66. The van der Waals surface area contributed by atoms with Gasteiger partial charge in [-0.1, -0.05) is 53.7 Å². The van der Waals surface area contributed by atoms with E-state index >= 15 is 0 Å². The maximum Gasteiger partial charge on any atom is 0.197 e. The maximum atomic E-state index is 6.13. The summed E-state index contributed by atoms with van der Waals surface area (Å²) in [5.74, 6) is 0.896. The lowest BCUT2D eigenvalue weighted by Crippen LogP contribution is -2.23. The summed E-state index contributed by atoms with van der Waals surface area (Å²) in [6, 6.07) is 6.52. The standard InChI is InChI=1S/C21H36O4/c1-16(24-14-13-23-12-11-22-8)25-19-15-17(20(2,3)4)9-10-18(19)21(5,6)7/h9-10,15-16H,11-14H2,1-8H3. The van der Waals surface area contributed by atoms with Crippen LogP contribution in [0.3, 0.4) is 0 Å². The minimum absolute atomic E-state index is 0.00866. The van der Waals surface area contributed by atoms with Gasteiger partial charge in [0.05, 0.1) is 26.4 Å². The minimum atomic E-state index is -0.331. The predicted octanol–water partition coefficient (Wildman–Crippen LogP) is 4.69. The summed E-state index contributed by atoms with van der Waals surface area (Å²) in [6.45, 7) is 17.3. The van der Waals surface area contributed by atoms with Crippen LogP contribution in [-0.2, 0) is 25.0 Å². The van der Waals surface area contributed by atoms with E-state index in [1.807, 2.05) is 6.92 Å². The Balaban J connectivity index is 2.74. The van der Waals surface area contributed by atoms with E-state index in [0.717, 1.165) is 5.75 Å². The van der Waals surface area contributed by atoms with Crippen molar-refractivity contribution in [2.45, 2.75) is 65.6 Å². The quantitative estimate of drug-likeness (QED) is 0.477. The highest BCUT2D eigenvalue weighted by Crippen LogP contribution is 2.35. The number of benzene rings is 1. The third kappa shape index (κ3) is 7.76. The number of rotatable bonds is 9.